The lowest BCUT2D eigenvalue weighted by molar-refractivity contribution is 0.562. The normalized spacial score (nSPS) is 15.2. The maximum absolute atomic E-state index is 5.85. The number of hydrogen-bond donors (Lipinski definition) is 1. The van der Waals surface area contributed by atoms with E-state index in [0.29, 0.717) is 5.92 Å². The van der Waals surface area contributed by atoms with Gasteiger partial charge in [0.1, 0.15) is 5.82 Å². The van der Waals surface area contributed by atoms with Crippen molar-refractivity contribution < 1.29 is 4.42 Å². The Bertz CT molecular complexity index is 723. The van der Waals surface area contributed by atoms with E-state index in [1.165, 1.54) is 18.7 Å². The molecule has 1 fully saturated rings. The van der Waals surface area contributed by atoms with E-state index in [9.17, 15) is 0 Å². The third kappa shape index (κ3) is 1.80. The third-order valence-corrected chi connectivity index (χ3v) is 3.67. The van der Waals surface area contributed by atoms with Crippen LogP contribution >= 0.6 is 0 Å². The highest BCUT2D eigenvalue weighted by atomic mass is 16.3. The number of nitrogens with zero attached hydrogens (tertiary/aromatic N) is 2. The van der Waals surface area contributed by atoms with Gasteiger partial charge in [-0.3, -0.25) is 0 Å². The van der Waals surface area contributed by atoms with Gasteiger partial charge < -0.3 is 14.7 Å². The van der Waals surface area contributed by atoms with Gasteiger partial charge in [-0.25, -0.2) is 4.98 Å². The molecule has 1 saturated carbocycles. The van der Waals surface area contributed by atoms with Crippen LogP contribution in [0.25, 0.3) is 11.0 Å². The van der Waals surface area contributed by atoms with Crippen molar-refractivity contribution in [1.82, 2.24) is 9.55 Å². The molecule has 0 saturated heterocycles. The largest absolute Gasteiger partial charge is 0.472 e. The Labute approximate surface area is 110 Å². The number of benzene rings is 1. The lowest BCUT2D eigenvalue weighted by Crippen LogP contribution is -2.03. The van der Waals surface area contributed by atoms with Gasteiger partial charge >= 0.3 is 0 Å². The minimum absolute atomic E-state index is 0.612. The highest BCUT2D eigenvalue weighted by Crippen LogP contribution is 2.41. The van der Waals surface area contributed by atoms with Gasteiger partial charge in [0, 0.05) is 17.2 Å². The Morgan fingerprint density at radius 1 is 1.32 bits per heavy atom. The minimum atomic E-state index is 0.612. The smallest absolute Gasteiger partial charge is 0.113 e. The molecule has 0 radical (unpaired) electrons. The van der Waals surface area contributed by atoms with Gasteiger partial charge in [-0.05, 0) is 37.1 Å². The average Bonchev–Trinajstić information content (AvgIpc) is 3.00. The van der Waals surface area contributed by atoms with Crippen molar-refractivity contribution in [2.75, 3.05) is 5.73 Å². The van der Waals surface area contributed by atoms with Crippen LogP contribution in [0.2, 0.25) is 0 Å². The monoisotopic (exact) mass is 253 g/mol. The zero-order valence-electron chi connectivity index (χ0n) is 10.5. The van der Waals surface area contributed by atoms with Crippen LogP contribution in [0.4, 0.5) is 5.69 Å². The summed E-state index contributed by atoms with van der Waals surface area (Å²) in [5, 5.41) is 0. The first-order chi connectivity index (χ1) is 9.31. The Morgan fingerprint density at radius 3 is 2.95 bits per heavy atom. The molecule has 19 heavy (non-hydrogen) atoms. The minimum Gasteiger partial charge on any atom is -0.472 e. The molecular formula is C15H15N3O. The number of aromatic nitrogens is 2. The molecule has 0 amide bonds. The molecule has 0 atom stereocenters. The van der Waals surface area contributed by atoms with Crippen molar-refractivity contribution in [1.29, 1.82) is 0 Å². The molecule has 0 spiro atoms. The summed E-state index contributed by atoms with van der Waals surface area (Å²) in [6.07, 6.45) is 5.98. The lowest BCUT2D eigenvalue weighted by Gasteiger charge is -2.07. The predicted octanol–water partition coefficient (Wildman–Crippen LogP) is 3.14. The highest BCUT2D eigenvalue weighted by molar-refractivity contribution is 5.80. The van der Waals surface area contributed by atoms with Gasteiger partial charge in [-0.15, -0.1) is 0 Å². The molecule has 1 aliphatic carbocycles. The second-order valence-electron chi connectivity index (χ2n) is 5.21. The van der Waals surface area contributed by atoms with Crippen molar-refractivity contribution in [3.05, 3.63) is 48.2 Å². The first-order valence-electron chi connectivity index (χ1n) is 6.58. The average molecular weight is 253 g/mol. The van der Waals surface area contributed by atoms with Crippen molar-refractivity contribution >= 4 is 16.7 Å². The van der Waals surface area contributed by atoms with Crippen LogP contribution in [-0.2, 0) is 6.54 Å². The van der Waals surface area contributed by atoms with Crippen LogP contribution < -0.4 is 5.73 Å². The van der Waals surface area contributed by atoms with Gasteiger partial charge in [-0.2, -0.15) is 0 Å². The Hall–Kier alpha value is -2.23. The van der Waals surface area contributed by atoms with E-state index in [1.807, 2.05) is 18.2 Å². The number of furan rings is 1. The molecule has 4 nitrogen and oxygen atoms in total. The number of rotatable bonds is 3. The molecule has 4 rings (SSSR count). The lowest BCUT2D eigenvalue weighted by atomic mass is 10.2. The van der Waals surface area contributed by atoms with E-state index in [1.54, 1.807) is 12.5 Å². The maximum Gasteiger partial charge on any atom is 0.113 e. The molecule has 0 unspecified atom stereocenters. The van der Waals surface area contributed by atoms with Crippen molar-refractivity contribution in [2.45, 2.75) is 25.3 Å². The van der Waals surface area contributed by atoms with Crippen molar-refractivity contribution in [3.8, 4) is 0 Å². The first-order valence-corrected chi connectivity index (χ1v) is 6.58. The number of imidazole rings is 1. The predicted molar refractivity (Wildman–Crippen MR) is 73.9 cm³/mol. The number of fused-ring (bicyclic) bond motifs is 1. The van der Waals surface area contributed by atoms with Gasteiger partial charge in [0.15, 0.2) is 0 Å². The number of nitrogens with two attached hydrogens (primary N) is 1. The van der Waals surface area contributed by atoms with E-state index in [-0.39, 0.29) is 0 Å². The Morgan fingerprint density at radius 2 is 2.21 bits per heavy atom. The zero-order valence-corrected chi connectivity index (χ0v) is 10.5. The zero-order chi connectivity index (χ0) is 12.8. The summed E-state index contributed by atoms with van der Waals surface area (Å²) in [6, 6.07) is 7.95. The molecular weight excluding hydrogens is 238 g/mol. The fourth-order valence-electron chi connectivity index (χ4n) is 2.55. The van der Waals surface area contributed by atoms with E-state index in [2.05, 4.69) is 10.6 Å². The number of hydrogen-bond acceptors (Lipinski definition) is 3. The van der Waals surface area contributed by atoms with Gasteiger partial charge in [0.05, 0.1) is 30.1 Å². The summed E-state index contributed by atoms with van der Waals surface area (Å²) < 4.78 is 7.45. The highest BCUT2D eigenvalue weighted by Gasteiger charge is 2.29. The fourth-order valence-corrected chi connectivity index (χ4v) is 2.55. The topological polar surface area (TPSA) is 57.0 Å². The first kappa shape index (κ1) is 10.7. The summed E-state index contributed by atoms with van der Waals surface area (Å²) in [4.78, 5) is 4.77. The molecule has 0 bridgehead atoms. The van der Waals surface area contributed by atoms with Crippen LogP contribution in [-0.4, -0.2) is 9.55 Å². The Kier molecular flexibility index (Phi) is 2.18. The second kappa shape index (κ2) is 3.88. The van der Waals surface area contributed by atoms with E-state index in [0.717, 1.165) is 28.8 Å². The van der Waals surface area contributed by atoms with Crippen LogP contribution in [0.15, 0.2) is 41.2 Å². The molecule has 2 N–H and O–H groups in total. The van der Waals surface area contributed by atoms with Crippen molar-refractivity contribution in [3.63, 3.8) is 0 Å². The summed E-state index contributed by atoms with van der Waals surface area (Å²) in [6.45, 7) is 0.808. The number of anilines is 1. The summed E-state index contributed by atoms with van der Waals surface area (Å²) in [5.74, 6) is 1.79. The van der Waals surface area contributed by atoms with E-state index < -0.39 is 0 Å². The van der Waals surface area contributed by atoms with Crippen LogP contribution in [0.5, 0.6) is 0 Å². The van der Waals surface area contributed by atoms with E-state index in [4.69, 9.17) is 15.1 Å². The Balaban J connectivity index is 1.87. The summed E-state index contributed by atoms with van der Waals surface area (Å²) in [5.41, 5.74) is 9.92. The summed E-state index contributed by atoms with van der Waals surface area (Å²) in [7, 11) is 0. The van der Waals surface area contributed by atoms with Gasteiger partial charge in [0.25, 0.3) is 0 Å². The fraction of sp³-hybridized carbons (Fsp3) is 0.267. The third-order valence-electron chi connectivity index (χ3n) is 3.67. The van der Waals surface area contributed by atoms with Crippen LogP contribution in [0, 0.1) is 0 Å². The molecule has 2 heterocycles. The molecule has 1 aromatic carbocycles. The van der Waals surface area contributed by atoms with E-state index >= 15 is 0 Å². The van der Waals surface area contributed by atoms with Gasteiger partial charge in [0.2, 0.25) is 0 Å². The standard InChI is InChI=1S/C15H15N3O/c16-12-3-4-14-13(7-12)17-15(11-1-2-11)18(14)8-10-5-6-19-9-10/h3-7,9,11H,1-2,8,16H2. The van der Waals surface area contributed by atoms with Crippen LogP contribution in [0.3, 0.4) is 0 Å². The quantitative estimate of drug-likeness (QED) is 0.729. The molecule has 2 aromatic heterocycles. The molecule has 96 valence electrons. The van der Waals surface area contributed by atoms with Crippen molar-refractivity contribution in [2.24, 2.45) is 0 Å². The summed E-state index contributed by atoms with van der Waals surface area (Å²) >= 11 is 0. The number of nitrogen functional groups attached to an aromatic ring is 1. The second-order valence-corrected chi connectivity index (χ2v) is 5.21. The SMILES string of the molecule is Nc1ccc2c(c1)nc(C1CC1)n2Cc1ccoc1. The molecule has 4 heteroatoms. The van der Waals surface area contributed by atoms with Crippen LogP contribution in [0.1, 0.15) is 30.1 Å². The molecule has 0 aliphatic heterocycles. The van der Waals surface area contributed by atoms with Gasteiger partial charge in [-0.1, -0.05) is 0 Å². The molecule has 1 aliphatic rings. The molecule has 3 aromatic rings. The maximum atomic E-state index is 5.85.